The van der Waals surface area contributed by atoms with Gasteiger partial charge in [0.05, 0.1) is 35.3 Å². The lowest BCUT2D eigenvalue weighted by Gasteiger charge is -2.16. The van der Waals surface area contributed by atoms with Gasteiger partial charge in [0.15, 0.2) is 5.16 Å². The van der Waals surface area contributed by atoms with Crippen molar-refractivity contribution in [3.63, 3.8) is 0 Å². The molecule has 30 heavy (non-hydrogen) atoms. The number of nitriles is 1. The molecule has 0 N–H and O–H groups in total. The fourth-order valence-corrected chi connectivity index (χ4v) is 4.18. The van der Waals surface area contributed by atoms with E-state index in [0.29, 0.717) is 38.8 Å². The molecule has 3 aromatic carbocycles. The number of aryl methyl sites for hydroxylation is 1. The minimum Gasteiger partial charge on any atom is -0.495 e. The highest BCUT2D eigenvalue weighted by molar-refractivity contribution is 7.98. The van der Waals surface area contributed by atoms with Gasteiger partial charge in [0.1, 0.15) is 5.75 Å². The van der Waals surface area contributed by atoms with E-state index in [4.69, 9.17) is 15.0 Å². The summed E-state index contributed by atoms with van der Waals surface area (Å²) in [7, 11) is 1.59. The van der Waals surface area contributed by atoms with Crippen LogP contribution in [-0.2, 0) is 5.75 Å². The molecule has 0 atom stereocenters. The molecule has 0 amide bonds. The van der Waals surface area contributed by atoms with E-state index in [2.05, 4.69) is 6.07 Å². The van der Waals surface area contributed by atoms with Crippen molar-refractivity contribution in [2.24, 2.45) is 0 Å². The first-order valence-electron chi connectivity index (χ1n) is 9.39. The summed E-state index contributed by atoms with van der Waals surface area (Å²) in [5, 5.41) is 10.1. The van der Waals surface area contributed by atoms with Crippen LogP contribution < -0.4 is 10.3 Å². The lowest BCUT2D eigenvalue weighted by Crippen LogP contribution is -2.22. The molecule has 1 heterocycles. The van der Waals surface area contributed by atoms with Crippen molar-refractivity contribution in [1.29, 1.82) is 5.26 Å². The van der Waals surface area contributed by atoms with Gasteiger partial charge in [0, 0.05) is 5.75 Å². The smallest absolute Gasteiger partial charge is 0.266 e. The summed E-state index contributed by atoms with van der Waals surface area (Å²) in [6.07, 6.45) is 0. The Morgan fingerprint density at radius 2 is 1.87 bits per heavy atom. The Kier molecular flexibility index (Phi) is 5.55. The molecule has 1 aromatic heterocycles. The van der Waals surface area contributed by atoms with Gasteiger partial charge in [0.2, 0.25) is 0 Å². The van der Waals surface area contributed by atoms with Crippen molar-refractivity contribution in [3.8, 4) is 17.5 Å². The van der Waals surface area contributed by atoms with Crippen molar-refractivity contribution in [1.82, 2.24) is 9.55 Å². The minimum atomic E-state index is -0.133. The molecule has 0 radical (unpaired) electrons. The van der Waals surface area contributed by atoms with E-state index in [-0.39, 0.29) is 5.56 Å². The molecule has 4 rings (SSSR count). The number of rotatable bonds is 5. The maximum absolute atomic E-state index is 13.4. The van der Waals surface area contributed by atoms with Crippen molar-refractivity contribution in [2.75, 3.05) is 7.11 Å². The van der Waals surface area contributed by atoms with Crippen molar-refractivity contribution >= 4 is 22.7 Å². The molecule has 0 saturated carbocycles. The Morgan fingerprint density at radius 3 is 2.60 bits per heavy atom. The molecule has 5 nitrogen and oxygen atoms in total. The van der Waals surface area contributed by atoms with Crippen LogP contribution in [0.25, 0.3) is 16.6 Å². The summed E-state index contributed by atoms with van der Waals surface area (Å²) in [5.41, 5.74) is 3.88. The summed E-state index contributed by atoms with van der Waals surface area (Å²) in [4.78, 5) is 18.2. The predicted molar refractivity (Wildman–Crippen MR) is 119 cm³/mol. The first kappa shape index (κ1) is 19.7. The Hall–Kier alpha value is -3.56. The molecule has 148 valence electrons. The number of nitrogens with zero attached hydrogens (tertiary/aromatic N) is 3. The van der Waals surface area contributed by atoms with Crippen molar-refractivity contribution < 1.29 is 4.74 Å². The van der Waals surface area contributed by atoms with E-state index in [9.17, 15) is 4.79 Å². The van der Waals surface area contributed by atoms with Crippen LogP contribution >= 0.6 is 11.8 Å². The standard InChI is InChI=1S/C24H19N3O2S/c1-16-7-12-22(29-2)21(13-16)27-23(28)19-5-3-4-6-20(19)26-24(27)30-15-18-10-8-17(14-25)9-11-18/h3-13H,15H2,1-2H3. The molecular weight excluding hydrogens is 394 g/mol. The number of aromatic nitrogens is 2. The fraction of sp³-hybridized carbons (Fsp3) is 0.125. The summed E-state index contributed by atoms with van der Waals surface area (Å²) in [6.45, 7) is 1.98. The summed E-state index contributed by atoms with van der Waals surface area (Å²) in [6, 6.07) is 22.6. The largest absolute Gasteiger partial charge is 0.495 e. The van der Waals surface area contributed by atoms with Crippen LogP contribution in [-0.4, -0.2) is 16.7 Å². The van der Waals surface area contributed by atoms with Crippen molar-refractivity contribution in [2.45, 2.75) is 17.8 Å². The maximum atomic E-state index is 13.4. The zero-order valence-corrected chi connectivity index (χ0v) is 17.4. The molecule has 4 aromatic rings. The van der Waals surface area contributed by atoms with Crippen molar-refractivity contribution in [3.05, 3.63) is 93.8 Å². The fourth-order valence-electron chi connectivity index (χ4n) is 3.22. The van der Waals surface area contributed by atoms with Gasteiger partial charge in [-0.3, -0.25) is 9.36 Å². The van der Waals surface area contributed by atoms with E-state index < -0.39 is 0 Å². The summed E-state index contributed by atoms with van der Waals surface area (Å²) in [5.74, 6) is 1.23. The third-order valence-corrected chi connectivity index (χ3v) is 5.78. The third kappa shape index (κ3) is 3.80. The van der Waals surface area contributed by atoms with Crippen LogP contribution in [0, 0.1) is 18.3 Å². The van der Waals surface area contributed by atoms with Gasteiger partial charge in [0.25, 0.3) is 5.56 Å². The van der Waals surface area contributed by atoms with Gasteiger partial charge >= 0.3 is 0 Å². The first-order valence-corrected chi connectivity index (χ1v) is 10.4. The third-order valence-electron chi connectivity index (χ3n) is 4.77. The average molecular weight is 414 g/mol. The van der Waals surface area contributed by atoms with Crippen LogP contribution in [0.3, 0.4) is 0 Å². The quantitative estimate of drug-likeness (QED) is 0.345. The highest BCUT2D eigenvalue weighted by atomic mass is 32.2. The molecular formula is C24H19N3O2S. The molecule has 0 bridgehead atoms. The minimum absolute atomic E-state index is 0.133. The number of ether oxygens (including phenoxy) is 1. The maximum Gasteiger partial charge on any atom is 0.266 e. The lowest BCUT2D eigenvalue weighted by atomic mass is 10.2. The molecule has 6 heteroatoms. The zero-order valence-electron chi connectivity index (χ0n) is 16.6. The number of methoxy groups -OCH3 is 1. The number of benzene rings is 3. The van der Waals surface area contributed by atoms with Gasteiger partial charge in [-0.05, 0) is 54.4 Å². The molecule has 0 unspecified atom stereocenters. The molecule has 0 fully saturated rings. The molecule has 0 saturated heterocycles. The molecule has 0 aliphatic rings. The normalized spacial score (nSPS) is 10.7. The van der Waals surface area contributed by atoms with Gasteiger partial charge < -0.3 is 4.74 Å². The van der Waals surface area contributed by atoms with Crippen LogP contribution in [0.5, 0.6) is 5.75 Å². The van der Waals surface area contributed by atoms with Gasteiger partial charge in [-0.25, -0.2) is 4.98 Å². The first-order chi connectivity index (χ1) is 14.6. The monoisotopic (exact) mass is 413 g/mol. The Labute approximate surface area is 178 Å². The molecule has 0 spiro atoms. The topological polar surface area (TPSA) is 67.9 Å². The Morgan fingerprint density at radius 1 is 1.10 bits per heavy atom. The van der Waals surface area contributed by atoms with Crippen LogP contribution in [0.2, 0.25) is 0 Å². The van der Waals surface area contributed by atoms with E-state index in [1.54, 1.807) is 29.9 Å². The molecule has 0 aliphatic heterocycles. The lowest BCUT2D eigenvalue weighted by molar-refractivity contribution is 0.411. The van der Waals surface area contributed by atoms with E-state index in [1.165, 1.54) is 11.8 Å². The second-order valence-electron chi connectivity index (χ2n) is 6.82. The van der Waals surface area contributed by atoms with Crippen LogP contribution in [0.4, 0.5) is 0 Å². The summed E-state index contributed by atoms with van der Waals surface area (Å²) >= 11 is 1.48. The highest BCUT2D eigenvalue weighted by Gasteiger charge is 2.17. The summed E-state index contributed by atoms with van der Waals surface area (Å²) < 4.78 is 7.17. The van der Waals surface area contributed by atoms with Crippen LogP contribution in [0.15, 0.2) is 76.7 Å². The van der Waals surface area contributed by atoms with E-state index >= 15 is 0 Å². The number of hydrogen-bond donors (Lipinski definition) is 0. The van der Waals surface area contributed by atoms with Gasteiger partial charge in [-0.1, -0.05) is 42.1 Å². The Balaban J connectivity index is 1.85. The second-order valence-corrected chi connectivity index (χ2v) is 7.77. The number of para-hydroxylation sites is 1. The number of fused-ring (bicyclic) bond motifs is 1. The van der Waals surface area contributed by atoms with E-state index in [0.717, 1.165) is 11.1 Å². The average Bonchev–Trinajstić information content (AvgIpc) is 2.78. The van der Waals surface area contributed by atoms with Crippen LogP contribution in [0.1, 0.15) is 16.7 Å². The SMILES string of the molecule is COc1ccc(C)cc1-n1c(SCc2ccc(C#N)cc2)nc2ccccc2c1=O. The van der Waals surface area contributed by atoms with Gasteiger partial charge in [-0.2, -0.15) is 5.26 Å². The Bertz CT molecular complexity index is 1320. The predicted octanol–water partition coefficient (Wildman–Crippen LogP) is 4.87. The zero-order chi connectivity index (χ0) is 21.1. The second kappa shape index (κ2) is 8.44. The number of hydrogen-bond acceptors (Lipinski definition) is 5. The number of thioether (sulfide) groups is 1. The molecule has 0 aliphatic carbocycles. The van der Waals surface area contributed by atoms with Gasteiger partial charge in [-0.15, -0.1) is 0 Å². The van der Waals surface area contributed by atoms with E-state index in [1.807, 2.05) is 55.5 Å². The highest BCUT2D eigenvalue weighted by Crippen LogP contribution is 2.29.